The minimum atomic E-state index is 0. The molecule has 0 N–H and O–H groups in total. The Hall–Kier alpha value is -0.920. The molecule has 0 aliphatic rings. The first kappa shape index (κ1) is 26.3. The fraction of sp³-hybridized carbons (Fsp3) is 0.0476. The molecule has 1 radical (unpaired) electrons. The Bertz CT molecular complexity index is 703. The minimum Gasteiger partial charge on any atom is -1.00 e. The Morgan fingerprint density at radius 3 is 1.40 bits per heavy atom. The first-order valence-electron chi connectivity index (χ1n) is 7.46. The summed E-state index contributed by atoms with van der Waals surface area (Å²) in [6.45, 7) is 2.01. The first-order chi connectivity index (χ1) is 10.8. The van der Waals surface area contributed by atoms with Crippen LogP contribution < -0.4 is 24.8 Å². The Morgan fingerprint density at radius 1 is 0.720 bits per heavy atom. The van der Waals surface area contributed by atoms with E-state index in [2.05, 4.69) is 84.9 Å². The molecule has 4 rings (SSSR count). The van der Waals surface area contributed by atoms with Crippen LogP contribution in [-0.2, 0) is 26.2 Å². The van der Waals surface area contributed by atoms with Gasteiger partial charge in [0.15, 0.2) is 0 Å². The van der Waals surface area contributed by atoms with Crippen molar-refractivity contribution in [3.8, 4) is 0 Å². The van der Waals surface area contributed by atoms with Crippen LogP contribution in [0.3, 0.4) is 0 Å². The molecule has 0 nitrogen and oxygen atoms in total. The molecule has 0 aliphatic heterocycles. The molecule has 25 heavy (non-hydrogen) atoms. The summed E-state index contributed by atoms with van der Waals surface area (Å²) in [5.74, 6) is 0. The molecule has 4 heteroatoms. The number of halogens is 2. The van der Waals surface area contributed by atoms with Gasteiger partial charge in [0.25, 0.3) is 0 Å². The third-order valence-corrected chi connectivity index (χ3v) is 3.80. The van der Waals surface area contributed by atoms with Crippen molar-refractivity contribution >= 4 is 31.8 Å². The molecule has 0 aromatic heterocycles. The molecule has 0 atom stereocenters. The van der Waals surface area contributed by atoms with E-state index in [1.54, 1.807) is 0 Å². The van der Waals surface area contributed by atoms with Crippen LogP contribution in [0.4, 0.5) is 0 Å². The molecule has 0 fully saturated rings. The van der Waals surface area contributed by atoms with E-state index in [0.717, 1.165) is 0 Å². The number of fused-ring (bicyclic) bond motifs is 2. The molecule has 0 aliphatic carbocycles. The van der Waals surface area contributed by atoms with Gasteiger partial charge in [-0.2, -0.15) is 35.0 Å². The number of hydrogen-bond donors (Lipinski definition) is 0. The van der Waals surface area contributed by atoms with Crippen LogP contribution in [0.15, 0.2) is 96.7 Å². The van der Waals surface area contributed by atoms with Crippen molar-refractivity contribution in [2.75, 3.05) is 0 Å². The van der Waals surface area contributed by atoms with E-state index in [9.17, 15) is 0 Å². The van der Waals surface area contributed by atoms with E-state index in [1.807, 2.05) is 28.9 Å². The van der Waals surface area contributed by atoms with Crippen molar-refractivity contribution in [2.45, 2.75) is 6.92 Å². The van der Waals surface area contributed by atoms with Gasteiger partial charge in [0.1, 0.15) is 0 Å². The van der Waals surface area contributed by atoms with Gasteiger partial charge < -0.3 is 24.8 Å². The zero-order valence-corrected chi connectivity index (χ0v) is 19.6. The Morgan fingerprint density at radius 2 is 1.08 bits per heavy atom. The standard InChI is InChI=1S/2C9H7.C3H7Si.2ClH.Zr/c2*1-2-5-9-7-3-6-8(9)4-1;1-2-3-4;;;/h2*1-7H;2-3H,4H2,1H3;2*1H;/q2*-1;;;;+4/p-2. The van der Waals surface area contributed by atoms with E-state index in [4.69, 9.17) is 0 Å². The monoisotopic (exact) mass is 461 g/mol. The maximum absolute atomic E-state index is 2.12. The number of rotatable bonds is 0. The molecule has 0 saturated heterocycles. The average molecular weight is 464 g/mol. The molecule has 0 spiro atoms. The molecule has 0 bridgehead atoms. The zero-order valence-electron chi connectivity index (χ0n) is 14.2. The third kappa shape index (κ3) is 8.83. The molecular weight excluding hydrogens is 442 g/mol. The zero-order chi connectivity index (χ0) is 15.6. The second-order valence-corrected chi connectivity index (χ2v) is 5.35. The van der Waals surface area contributed by atoms with Crippen LogP contribution in [0.2, 0.25) is 0 Å². The Kier molecular flexibility index (Phi) is 16.1. The van der Waals surface area contributed by atoms with Gasteiger partial charge >= 0.3 is 26.2 Å². The summed E-state index contributed by atoms with van der Waals surface area (Å²) in [5, 5.41) is 5.32. The Labute approximate surface area is 185 Å². The van der Waals surface area contributed by atoms with Gasteiger partial charge in [0.05, 0.1) is 0 Å². The van der Waals surface area contributed by atoms with Crippen LogP contribution in [0.25, 0.3) is 21.5 Å². The SMILES string of the molecule is CC=C[SiH2].[Cl-].[Cl-].[Zr+4].c1ccc2[cH-]ccc2c1.c1ccc2[cH-]ccc2c1. The number of allylic oxidation sites excluding steroid dienone is 1. The largest absolute Gasteiger partial charge is 4.00 e. The van der Waals surface area contributed by atoms with Gasteiger partial charge in [-0.05, 0) is 6.92 Å². The molecule has 4 aromatic rings. The maximum atomic E-state index is 2.12. The molecule has 0 unspecified atom stereocenters. The predicted molar refractivity (Wildman–Crippen MR) is 102 cm³/mol. The van der Waals surface area contributed by atoms with Crippen molar-refractivity contribution in [2.24, 2.45) is 0 Å². The van der Waals surface area contributed by atoms with Gasteiger partial charge in [0, 0.05) is 10.2 Å². The summed E-state index contributed by atoms with van der Waals surface area (Å²) < 4.78 is 0. The fourth-order valence-electron chi connectivity index (χ4n) is 2.14. The predicted octanol–water partition coefficient (Wildman–Crippen LogP) is -0.724. The second kappa shape index (κ2) is 15.3. The van der Waals surface area contributed by atoms with Gasteiger partial charge in [0.2, 0.25) is 0 Å². The summed E-state index contributed by atoms with van der Waals surface area (Å²) in [6, 6.07) is 29.3. The molecule has 0 saturated carbocycles. The van der Waals surface area contributed by atoms with Crippen LogP contribution in [0.5, 0.6) is 0 Å². The van der Waals surface area contributed by atoms with Crippen LogP contribution in [0, 0.1) is 0 Å². The summed E-state index contributed by atoms with van der Waals surface area (Å²) in [6.07, 6.45) is 2.01. The fourth-order valence-corrected chi connectivity index (χ4v) is 2.14. The molecule has 0 heterocycles. The minimum absolute atomic E-state index is 0. The summed E-state index contributed by atoms with van der Waals surface area (Å²) in [7, 11) is 1.84. The van der Waals surface area contributed by atoms with E-state index >= 15 is 0 Å². The maximum Gasteiger partial charge on any atom is 4.00 e. The average Bonchev–Trinajstić information content (AvgIpc) is 3.24. The van der Waals surface area contributed by atoms with Gasteiger partial charge in [-0.15, -0.1) is 65.0 Å². The van der Waals surface area contributed by atoms with Gasteiger partial charge in [-0.25, -0.2) is 0 Å². The molecule has 127 valence electrons. The van der Waals surface area contributed by atoms with E-state index in [-0.39, 0.29) is 51.0 Å². The van der Waals surface area contributed by atoms with Crippen molar-refractivity contribution in [1.29, 1.82) is 0 Å². The number of benzene rings is 2. The molecule has 0 amide bonds. The van der Waals surface area contributed by atoms with Gasteiger partial charge in [-0.3, -0.25) is 0 Å². The summed E-state index contributed by atoms with van der Waals surface area (Å²) >= 11 is 0. The van der Waals surface area contributed by atoms with Gasteiger partial charge in [-0.1, -0.05) is 18.2 Å². The van der Waals surface area contributed by atoms with Crippen molar-refractivity contribution < 1.29 is 51.0 Å². The van der Waals surface area contributed by atoms with Crippen molar-refractivity contribution in [3.63, 3.8) is 0 Å². The van der Waals surface area contributed by atoms with E-state index < -0.39 is 0 Å². The third-order valence-electron chi connectivity index (χ3n) is 3.33. The smallest absolute Gasteiger partial charge is 1.00 e. The number of hydrogen-bond acceptors (Lipinski definition) is 0. The summed E-state index contributed by atoms with van der Waals surface area (Å²) in [4.78, 5) is 0. The Balaban J connectivity index is 0. The topological polar surface area (TPSA) is 0 Å². The normalized spacial score (nSPS) is 8.88. The molecule has 4 aromatic carbocycles. The van der Waals surface area contributed by atoms with Crippen molar-refractivity contribution in [1.82, 2.24) is 0 Å². The van der Waals surface area contributed by atoms with Crippen molar-refractivity contribution in [3.05, 3.63) is 96.7 Å². The van der Waals surface area contributed by atoms with Crippen LogP contribution in [0.1, 0.15) is 6.92 Å². The van der Waals surface area contributed by atoms with E-state index in [0.29, 0.717) is 0 Å². The first-order valence-corrected chi connectivity index (χ1v) is 8.28. The van der Waals surface area contributed by atoms with E-state index in [1.165, 1.54) is 21.5 Å². The summed E-state index contributed by atoms with van der Waals surface area (Å²) in [5.41, 5.74) is 2.03. The molecular formula is C21H21Cl2SiZr. The van der Waals surface area contributed by atoms with Crippen LogP contribution in [-0.4, -0.2) is 10.2 Å². The quantitative estimate of drug-likeness (QED) is 0.239. The van der Waals surface area contributed by atoms with Crippen LogP contribution >= 0.6 is 0 Å². The second-order valence-electron chi connectivity index (χ2n) is 4.88.